The van der Waals surface area contributed by atoms with Crippen LogP contribution in [0.1, 0.15) is 47.7 Å². The van der Waals surface area contributed by atoms with Crippen LogP contribution < -0.4 is 0 Å². The minimum Gasteiger partial charge on any atom is -0.466 e. The van der Waals surface area contributed by atoms with E-state index < -0.39 is 5.97 Å². The van der Waals surface area contributed by atoms with Crippen molar-refractivity contribution >= 4 is 28.6 Å². The van der Waals surface area contributed by atoms with Crippen molar-refractivity contribution in [1.82, 2.24) is 25.0 Å². The van der Waals surface area contributed by atoms with Crippen molar-refractivity contribution in [3.8, 4) is 22.7 Å². The van der Waals surface area contributed by atoms with Gasteiger partial charge in [-0.2, -0.15) is 5.10 Å². The van der Waals surface area contributed by atoms with Gasteiger partial charge in [-0.15, -0.1) is 10.2 Å². The molecule has 0 N–H and O–H groups in total. The third-order valence-electron chi connectivity index (χ3n) is 5.48. The number of hydrogen-bond acceptors (Lipinski definition) is 8. The van der Waals surface area contributed by atoms with Gasteiger partial charge >= 0.3 is 5.97 Å². The van der Waals surface area contributed by atoms with E-state index in [1.54, 1.807) is 41.2 Å². The fourth-order valence-electron chi connectivity index (χ4n) is 3.81. The number of pyridine rings is 1. The second-order valence-corrected chi connectivity index (χ2v) is 8.82. The third kappa shape index (κ3) is 4.42. The summed E-state index contributed by atoms with van der Waals surface area (Å²) in [4.78, 5) is 18.0. The normalized spacial score (nSPS) is 11.5. The molecule has 35 heavy (non-hydrogen) atoms. The smallest absolute Gasteiger partial charge is 0.339 e. The molecule has 4 aromatic heterocycles. The van der Waals surface area contributed by atoms with Crippen LogP contribution >= 0.6 is 11.6 Å². The Hall–Kier alpha value is -3.98. The molecule has 5 aromatic rings. The fraction of sp³-hybridized carbons (Fsp3) is 0.240. The van der Waals surface area contributed by atoms with Gasteiger partial charge in [0, 0.05) is 22.2 Å². The summed E-state index contributed by atoms with van der Waals surface area (Å²) in [6, 6.07) is 10.6. The van der Waals surface area contributed by atoms with E-state index in [0.29, 0.717) is 44.5 Å². The van der Waals surface area contributed by atoms with Crippen molar-refractivity contribution in [2.45, 2.75) is 40.3 Å². The fourth-order valence-corrected chi connectivity index (χ4v) is 3.94. The quantitative estimate of drug-likeness (QED) is 0.268. The first kappa shape index (κ1) is 22.8. The molecular weight excluding hydrogens is 470 g/mol. The molecule has 0 saturated heterocycles. The maximum Gasteiger partial charge on any atom is 0.339 e. The van der Waals surface area contributed by atoms with Gasteiger partial charge in [-0.05, 0) is 64.1 Å². The highest BCUT2D eigenvalue weighted by atomic mass is 35.5. The third-order valence-corrected chi connectivity index (χ3v) is 5.73. The van der Waals surface area contributed by atoms with Gasteiger partial charge in [0.25, 0.3) is 5.89 Å². The van der Waals surface area contributed by atoms with Crippen LogP contribution in [0.15, 0.2) is 51.4 Å². The van der Waals surface area contributed by atoms with Gasteiger partial charge < -0.3 is 13.6 Å². The minimum atomic E-state index is -0.550. The SMILES string of the molecule is Cc1cc(-c2cc(C(=O)OCc3nnc(-c4ccc(Cl)cc4)o3)c3cnn(C(C)C)c3n2)c(C)o1. The first-order valence-electron chi connectivity index (χ1n) is 11.0. The maximum absolute atomic E-state index is 13.2. The Morgan fingerprint density at radius 2 is 1.89 bits per heavy atom. The van der Waals surface area contributed by atoms with E-state index in [1.807, 2.05) is 33.8 Å². The first-order valence-corrected chi connectivity index (χ1v) is 11.4. The average Bonchev–Trinajstić information content (AvgIpc) is 3.55. The van der Waals surface area contributed by atoms with E-state index >= 15 is 0 Å². The summed E-state index contributed by atoms with van der Waals surface area (Å²) in [7, 11) is 0. The molecule has 0 atom stereocenters. The molecule has 0 aliphatic heterocycles. The minimum absolute atomic E-state index is 0.0518. The molecule has 0 unspecified atom stereocenters. The number of fused-ring (bicyclic) bond motifs is 1. The Balaban J connectivity index is 1.45. The number of ether oxygens (including phenoxy) is 1. The van der Waals surface area contributed by atoms with Crippen LogP contribution in [0, 0.1) is 13.8 Å². The number of carbonyl (C=O) groups is 1. The van der Waals surface area contributed by atoms with Crippen molar-refractivity contribution in [3.05, 3.63) is 70.6 Å². The molecule has 1 aromatic carbocycles. The summed E-state index contributed by atoms with van der Waals surface area (Å²) in [5, 5.41) is 13.6. The molecule has 4 heterocycles. The topological polar surface area (TPSA) is 109 Å². The lowest BCUT2D eigenvalue weighted by atomic mass is 10.1. The zero-order valence-corrected chi connectivity index (χ0v) is 20.3. The molecular formula is C25H22ClN5O4. The molecule has 0 radical (unpaired) electrons. The van der Waals surface area contributed by atoms with Crippen molar-refractivity contribution in [2.24, 2.45) is 0 Å². The number of aromatic nitrogens is 5. The molecule has 5 rings (SSSR count). The Morgan fingerprint density at radius 3 is 2.57 bits per heavy atom. The molecule has 178 valence electrons. The average molecular weight is 492 g/mol. The summed E-state index contributed by atoms with van der Waals surface area (Å²) in [6.07, 6.45) is 1.63. The highest BCUT2D eigenvalue weighted by molar-refractivity contribution is 6.30. The number of halogens is 1. The predicted molar refractivity (Wildman–Crippen MR) is 129 cm³/mol. The Kier molecular flexibility index (Phi) is 5.86. The number of hydrogen-bond donors (Lipinski definition) is 0. The lowest BCUT2D eigenvalue weighted by molar-refractivity contribution is 0.0441. The van der Waals surface area contributed by atoms with Crippen molar-refractivity contribution in [2.75, 3.05) is 0 Å². The summed E-state index contributed by atoms with van der Waals surface area (Å²) in [5.41, 5.74) is 3.05. The van der Waals surface area contributed by atoms with E-state index in [2.05, 4.69) is 15.3 Å². The number of esters is 1. The van der Waals surface area contributed by atoms with Crippen molar-refractivity contribution in [1.29, 1.82) is 0 Å². The van der Waals surface area contributed by atoms with E-state index in [1.165, 1.54) is 0 Å². The molecule has 0 aliphatic carbocycles. The van der Waals surface area contributed by atoms with Crippen LogP contribution in [-0.4, -0.2) is 30.9 Å². The van der Waals surface area contributed by atoms with Crippen molar-refractivity contribution in [3.63, 3.8) is 0 Å². The highest BCUT2D eigenvalue weighted by Crippen LogP contribution is 2.30. The Morgan fingerprint density at radius 1 is 1.11 bits per heavy atom. The molecule has 0 fully saturated rings. The Bertz CT molecular complexity index is 1530. The molecule has 0 amide bonds. The molecule has 10 heteroatoms. The maximum atomic E-state index is 13.2. The Labute approximate surface area is 205 Å². The van der Waals surface area contributed by atoms with Crippen LogP contribution in [0.25, 0.3) is 33.7 Å². The number of benzene rings is 1. The number of aryl methyl sites for hydroxylation is 2. The van der Waals surface area contributed by atoms with Crippen molar-refractivity contribution < 1.29 is 18.4 Å². The van der Waals surface area contributed by atoms with Gasteiger partial charge in [0.15, 0.2) is 12.3 Å². The van der Waals surface area contributed by atoms with Gasteiger partial charge in [0.1, 0.15) is 11.5 Å². The number of furan rings is 1. The summed E-state index contributed by atoms with van der Waals surface area (Å²) < 4.78 is 18.6. The standard InChI is InChI=1S/C25H22ClN5O4/c1-13(2)31-23-20(11-27-31)19(10-21(28-23)18-9-14(3)34-15(18)4)25(32)33-12-22-29-30-24(35-22)16-5-7-17(26)8-6-16/h5-11,13H,12H2,1-4H3. The number of nitrogens with zero attached hydrogens (tertiary/aromatic N) is 5. The van der Waals surface area contributed by atoms with E-state index in [9.17, 15) is 4.79 Å². The van der Waals surface area contributed by atoms with E-state index in [4.69, 9.17) is 30.2 Å². The molecule has 0 aliphatic rings. The summed E-state index contributed by atoms with van der Waals surface area (Å²) in [5.74, 6) is 1.41. The summed E-state index contributed by atoms with van der Waals surface area (Å²) in [6.45, 7) is 7.55. The zero-order valence-electron chi connectivity index (χ0n) is 19.6. The summed E-state index contributed by atoms with van der Waals surface area (Å²) >= 11 is 5.93. The first-order chi connectivity index (χ1) is 16.8. The zero-order chi connectivity index (χ0) is 24.7. The lowest BCUT2D eigenvalue weighted by Crippen LogP contribution is -2.09. The van der Waals surface area contributed by atoms with Crippen LogP contribution in [0.5, 0.6) is 0 Å². The molecule has 0 spiro atoms. The van der Waals surface area contributed by atoms with Gasteiger partial charge in [-0.25, -0.2) is 14.5 Å². The van der Waals surface area contributed by atoms with Gasteiger partial charge in [0.05, 0.1) is 22.8 Å². The predicted octanol–water partition coefficient (Wildman–Crippen LogP) is 5.95. The van der Waals surface area contributed by atoms with E-state index in [0.717, 1.165) is 11.3 Å². The van der Waals surface area contributed by atoms with Gasteiger partial charge in [0.2, 0.25) is 5.89 Å². The number of carbonyl (C=O) groups excluding carboxylic acids is 1. The van der Waals surface area contributed by atoms with Crippen LogP contribution in [0.3, 0.4) is 0 Å². The lowest BCUT2D eigenvalue weighted by Gasteiger charge is -2.10. The van der Waals surface area contributed by atoms with Crippen LogP contribution in [0.4, 0.5) is 0 Å². The van der Waals surface area contributed by atoms with Crippen LogP contribution in [-0.2, 0) is 11.3 Å². The molecule has 0 saturated carbocycles. The monoisotopic (exact) mass is 491 g/mol. The molecule has 0 bridgehead atoms. The van der Waals surface area contributed by atoms with E-state index in [-0.39, 0.29) is 18.5 Å². The highest BCUT2D eigenvalue weighted by Gasteiger charge is 2.22. The van der Waals surface area contributed by atoms with Gasteiger partial charge in [-0.3, -0.25) is 0 Å². The second kappa shape index (κ2) is 8.99. The molecule has 9 nitrogen and oxygen atoms in total. The number of rotatable bonds is 6. The van der Waals surface area contributed by atoms with Gasteiger partial charge in [-0.1, -0.05) is 11.6 Å². The van der Waals surface area contributed by atoms with Crippen LogP contribution in [0.2, 0.25) is 5.02 Å². The second-order valence-electron chi connectivity index (χ2n) is 8.39. The largest absolute Gasteiger partial charge is 0.466 e.